The summed E-state index contributed by atoms with van der Waals surface area (Å²) in [5, 5.41) is 11.0. The van der Waals surface area contributed by atoms with Crippen molar-refractivity contribution in [1.82, 2.24) is 0 Å². The van der Waals surface area contributed by atoms with E-state index in [0.29, 0.717) is 10.8 Å². The van der Waals surface area contributed by atoms with Crippen LogP contribution in [0, 0.1) is 0 Å². The van der Waals surface area contributed by atoms with Gasteiger partial charge in [-0.25, -0.2) is 0 Å². The number of hydrogen-bond acceptors (Lipinski definition) is 3. The van der Waals surface area contributed by atoms with Crippen molar-refractivity contribution >= 4 is 29.1 Å². The fraction of sp³-hybridized carbons (Fsp3) is 0.353. The molecule has 4 heteroatoms. The van der Waals surface area contributed by atoms with Crippen molar-refractivity contribution in [1.29, 1.82) is 0 Å². The van der Waals surface area contributed by atoms with Gasteiger partial charge in [0.15, 0.2) is 0 Å². The third-order valence-corrected chi connectivity index (χ3v) is 5.77. The largest absolute Gasteiger partial charge is 0.508 e. The molecule has 0 spiro atoms. The molecule has 2 heterocycles. The molecule has 3 aliphatic rings. The monoisotopic (exact) mass is 317 g/mol. The highest BCUT2D eigenvalue weighted by Gasteiger charge is 2.35. The predicted molar refractivity (Wildman–Crippen MR) is 89.3 cm³/mol. The zero-order valence-corrected chi connectivity index (χ0v) is 13.2. The molecular weight excluding hydrogens is 302 g/mol. The van der Waals surface area contributed by atoms with Crippen LogP contribution in [-0.2, 0) is 0 Å². The van der Waals surface area contributed by atoms with E-state index in [-0.39, 0.29) is 5.92 Å². The van der Waals surface area contributed by atoms with Gasteiger partial charge in [-0.3, -0.25) is 4.99 Å². The van der Waals surface area contributed by atoms with Crippen LogP contribution in [0.4, 0.5) is 0 Å². The average molecular weight is 318 g/mol. The summed E-state index contributed by atoms with van der Waals surface area (Å²) in [4.78, 5) is 6.20. The fourth-order valence-electron chi connectivity index (χ4n) is 3.39. The summed E-state index contributed by atoms with van der Waals surface area (Å²) in [6, 6.07) is 5.35. The van der Waals surface area contributed by atoms with Gasteiger partial charge in [0, 0.05) is 32.9 Å². The van der Waals surface area contributed by atoms with Crippen LogP contribution in [0.3, 0.4) is 0 Å². The summed E-state index contributed by atoms with van der Waals surface area (Å²) >= 11 is 8.05. The Morgan fingerprint density at radius 2 is 2.19 bits per heavy atom. The first-order valence-electron chi connectivity index (χ1n) is 7.36. The first-order chi connectivity index (χ1) is 10.2. The van der Waals surface area contributed by atoms with Gasteiger partial charge in [-0.1, -0.05) is 17.7 Å². The molecule has 1 aromatic carbocycles. The highest BCUT2D eigenvalue weighted by atomic mass is 35.5. The second-order valence-corrected chi connectivity index (χ2v) is 7.23. The number of phenols is 1. The van der Waals surface area contributed by atoms with Crippen LogP contribution in [0.2, 0.25) is 5.02 Å². The van der Waals surface area contributed by atoms with Gasteiger partial charge in [0.05, 0.1) is 5.70 Å². The Bertz CT molecular complexity index is 705. The van der Waals surface area contributed by atoms with Crippen LogP contribution < -0.4 is 0 Å². The van der Waals surface area contributed by atoms with Gasteiger partial charge in [-0.15, -0.1) is 11.8 Å². The maximum Gasteiger partial charge on any atom is 0.119 e. The van der Waals surface area contributed by atoms with Crippen LogP contribution in [0.25, 0.3) is 0 Å². The lowest BCUT2D eigenvalue weighted by molar-refractivity contribution is 0.467. The van der Waals surface area contributed by atoms with Crippen molar-refractivity contribution in [3.63, 3.8) is 0 Å². The Kier molecular flexibility index (Phi) is 3.35. The summed E-state index contributed by atoms with van der Waals surface area (Å²) in [6.07, 6.45) is 6.65. The summed E-state index contributed by atoms with van der Waals surface area (Å²) in [5.74, 6) is 1.54. The van der Waals surface area contributed by atoms with Crippen molar-refractivity contribution in [2.45, 2.75) is 31.6 Å². The van der Waals surface area contributed by atoms with Gasteiger partial charge in [0.1, 0.15) is 5.75 Å². The first kappa shape index (κ1) is 13.5. The van der Waals surface area contributed by atoms with Crippen LogP contribution in [-0.4, -0.2) is 16.6 Å². The van der Waals surface area contributed by atoms with E-state index in [4.69, 9.17) is 16.6 Å². The number of allylic oxidation sites excluding steroid dienone is 4. The minimum atomic E-state index is 0.124. The van der Waals surface area contributed by atoms with Crippen molar-refractivity contribution in [3.8, 4) is 5.75 Å². The number of halogens is 1. The highest BCUT2D eigenvalue weighted by molar-refractivity contribution is 8.03. The Morgan fingerprint density at radius 1 is 1.29 bits per heavy atom. The van der Waals surface area contributed by atoms with Crippen LogP contribution >= 0.6 is 23.4 Å². The van der Waals surface area contributed by atoms with E-state index in [1.807, 2.05) is 17.8 Å². The lowest BCUT2D eigenvalue weighted by Gasteiger charge is -2.30. The molecule has 0 radical (unpaired) electrons. The van der Waals surface area contributed by atoms with E-state index in [1.165, 1.54) is 28.3 Å². The third kappa shape index (κ3) is 2.23. The van der Waals surface area contributed by atoms with Gasteiger partial charge in [0.2, 0.25) is 0 Å². The van der Waals surface area contributed by atoms with Gasteiger partial charge < -0.3 is 5.11 Å². The molecule has 0 bridgehead atoms. The van der Waals surface area contributed by atoms with E-state index in [1.54, 1.807) is 12.1 Å². The molecular formula is C17H16ClNOS. The Morgan fingerprint density at radius 3 is 3.10 bits per heavy atom. The summed E-state index contributed by atoms with van der Waals surface area (Å²) in [5.41, 5.74) is 4.64. The lowest BCUT2D eigenvalue weighted by atomic mass is 9.80. The van der Waals surface area contributed by atoms with E-state index in [2.05, 4.69) is 6.08 Å². The molecule has 108 valence electrons. The molecule has 0 fully saturated rings. The molecule has 1 unspecified atom stereocenters. The first-order valence-corrected chi connectivity index (χ1v) is 8.72. The minimum Gasteiger partial charge on any atom is -0.508 e. The topological polar surface area (TPSA) is 32.6 Å². The van der Waals surface area contributed by atoms with E-state index in [9.17, 15) is 5.11 Å². The second-order valence-electron chi connectivity index (χ2n) is 5.66. The van der Waals surface area contributed by atoms with Gasteiger partial charge in [-0.05, 0) is 49.5 Å². The number of nitrogens with zero attached hydrogens (tertiary/aromatic N) is 1. The fourth-order valence-corrected chi connectivity index (χ4v) is 4.82. The van der Waals surface area contributed by atoms with Crippen LogP contribution in [0.1, 0.15) is 37.2 Å². The molecule has 2 aliphatic heterocycles. The molecule has 21 heavy (non-hydrogen) atoms. The zero-order valence-electron chi connectivity index (χ0n) is 11.6. The van der Waals surface area contributed by atoms with Crippen molar-refractivity contribution in [2.24, 2.45) is 4.99 Å². The molecule has 1 atom stereocenters. The normalized spacial score (nSPS) is 24.3. The van der Waals surface area contributed by atoms with Crippen molar-refractivity contribution in [2.75, 3.05) is 5.75 Å². The maximum absolute atomic E-state index is 10.3. The molecule has 1 aromatic rings. The number of aromatic hydroxyl groups is 1. The van der Waals surface area contributed by atoms with Gasteiger partial charge >= 0.3 is 0 Å². The van der Waals surface area contributed by atoms with Gasteiger partial charge in [-0.2, -0.15) is 0 Å². The zero-order chi connectivity index (χ0) is 14.4. The molecule has 0 saturated heterocycles. The standard InChI is InChI=1S/C17H16ClNOS/c18-10-5-6-15(20)12(9-10)16-11-3-1-2-4-13(11)19-14-7-8-21-17(14)16/h3,5-6,9,16,20H,1-2,4,7-8H2. The molecule has 1 N–H and O–H groups in total. The molecule has 1 aliphatic carbocycles. The predicted octanol–water partition coefficient (Wildman–Crippen LogP) is 5.04. The Hall–Kier alpha value is -1.19. The highest BCUT2D eigenvalue weighted by Crippen LogP contribution is 2.51. The average Bonchev–Trinajstić information content (AvgIpc) is 2.95. The number of aliphatic imine (C=N–C) groups is 1. The summed E-state index contributed by atoms with van der Waals surface area (Å²) in [6.45, 7) is 0. The number of rotatable bonds is 1. The Balaban J connectivity index is 1.91. The number of fused-ring (bicyclic) bond motifs is 1. The van der Waals surface area contributed by atoms with E-state index >= 15 is 0 Å². The second kappa shape index (κ2) is 5.22. The maximum atomic E-state index is 10.3. The summed E-state index contributed by atoms with van der Waals surface area (Å²) < 4.78 is 0. The minimum absolute atomic E-state index is 0.124. The molecule has 4 rings (SSSR count). The molecule has 0 aromatic heterocycles. The number of phenolic OH excluding ortho intramolecular Hbond substituents is 1. The Labute approximate surface area is 133 Å². The van der Waals surface area contributed by atoms with Crippen molar-refractivity contribution < 1.29 is 5.11 Å². The number of thioether (sulfide) groups is 1. The summed E-state index contributed by atoms with van der Waals surface area (Å²) in [7, 11) is 0. The SMILES string of the molecule is Oc1ccc(Cl)cc1C1C2=CCCCC2=NC2=C1SCC2. The smallest absolute Gasteiger partial charge is 0.119 e. The van der Waals surface area contributed by atoms with Crippen LogP contribution in [0.15, 0.2) is 45.4 Å². The number of benzene rings is 1. The van der Waals surface area contributed by atoms with E-state index < -0.39 is 0 Å². The lowest BCUT2D eigenvalue weighted by Crippen LogP contribution is -2.20. The number of hydrogen-bond donors (Lipinski definition) is 1. The molecule has 2 nitrogen and oxygen atoms in total. The quantitative estimate of drug-likeness (QED) is 0.786. The molecule has 0 amide bonds. The molecule has 0 saturated carbocycles. The van der Waals surface area contributed by atoms with Gasteiger partial charge in [0.25, 0.3) is 0 Å². The third-order valence-electron chi connectivity index (χ3n) is 4.34. The van der Waals surface area contributed by atoms with Crippen LogP contribution in [0.5, 0.6) is 5.75 Å². The van der Waals surface area contributed by atoms with E-state index in [0.717, 1.165) is 30.6 Å². The van der Waals surface area contributed by atoms with Crippen molar-refractivity contribution in [3.05, 3.63) is 51.0 Å².